The molecule has 0 saturated carbocycles. The number of benzene rings is 1. The molecule has 0 fully saturated rings. The largest absolute Gasteiger partial charge is 0.494 e. The summed E-state index contributed by atoms with van der Waals surface area (Å²) in [6.07, 6.45) is 0. The Labute approximate surface area is 95.8 Å². The summed E-state index contributed by atoms with van der Waals surface area (Å²) < 4.78 is 18.1. The normalized spacial score (nSPS) is 11.5. The third kappa shape index (κ3) is 3.25. The quantitative estimate of drug-likeness (QED) is 0.789. The van der Waals surface area contributed by atoms with E-state index in [4.69, 9.17) is 4.74 Å². The van der Waals surface area contributed by atoms with Gasteiger partial charge in [-0.1, -0.05) is 12.0 Å². The van der Waals surface area contributed by atoms with Gasteiger partial charge in [-0.05, 0) is 31.5 Å². The zero-order valence-electron chi connectivity index (χ0n) is 9.80. The summed E-state index contributed by atoms with van der Waals surface area (Å²) in [5.74, 6) is 5.66. The Hall–Kier alpha value is -1.53. The lowest BCUT2D eigenvalue weighted by atomic mass is 10.1. The molecule has 0 aliphatic rings. The Morgan fingerprint density at radius 3 is 2.88 bits per heavy atom. The summed E-state index contributed by atoms with van der Waals surface area (Å²) in [6, 6.07) is 4.98. The van der Waals surface area contributed by atoms with Crippen LogP contribution in [0.1, 0.15) is 25.5 Å². The van der Waals surface area contributed by atoms with Gasteiger partial charge in [-0.3, -0.25) is 5.32 Å². The van der Waals surface area contributed by atoms with Crippen LogP contribution in [0, 0.1) is 17.7 Å². The van der Waals surface area contributed by atoms with Gasteiger partial charge in [0, 0.05) is 6.04 Å². The average molecular weight is 221 g/mol. The fraction of sp³-hybridized carbons (Fsp3) is 0.385. The Bertz CT molecular complexity index is 406. The minimum atomic E-state index is -0.341. The maximum absolute atomic E-state index is 13.2. The van der Waals surface area contributed by atoms with Crippen molar-refractivity contribution in [3.63, 3.8) is 0 Å². The lowest BCUT2D eigenvalue weighted by Crippen LogP contribution is -2.18. The average Bonchev–Trinajstić information content (AvgIpc) is 2.30. The van der Waals surface area contributed by atoms with E-state index in [1.807, 2.05) is 6.92 Å². The topological polar surface area (TPSA) is 21.3 Å². The number of halogens is 1. The molecule has 1 atom stereocenters. The number of methoxy groups -OCH3 is 1. The molecular formula is C13H16FNO. The molecule has 0 bridgehead atoms. The molecule has 1 aromatic carbocycles. The van der Waals surface area contributed by atoms with Crippen LogP contribution in [0.4, 0.5) is 4.39 Å². The van der Waals surface area contributed by atoms with Crippen LogP contribution in [-0.2, 0) is 0 Å². The molecular weight excluding hydrogens is 205 g/mol. The lowest BCUT2D eigenvalue weighted by Gasteiger charge is -2.13. The first-order valence-corrected chi connectivity index (χ1v) is 5.15. The molecule has 1 N–H and O–H groups in total. The molecule has 86 valence electrons. The highest BCUT2D eigenvalue weighted by molar-refractivity contribution is 5.32. The Balaban J connectivity index is 2.74. The van der Waals surface area contributed by atoms with E-state index in [0.717, 1.165) is 5.56 Å². The lowest BCUT2D eigenvalue weighted by molar-refractivity contribution is 0.385. The summed E-state index contributed by atoms with van der Waals surface area (Å²) >= 11 is 0. The van der Waals surface area contributed by atoms with Crippen LogP contribution in [0.2, 0.25) is 0 Å². The van der Waals surface area contributed by atoms with Crippen molar-refractivity contribution in [1.29, 1.82) is 0 Å². The highest BCUT2D eigenvalue weighted by Crippen LogP contribution is 2.22. The zero-order valence-corrected chi connectivity index (χ0v) is 9.80. The molecule has 0 heterocycles. The molecule has 1 unspecified atom stereocenters. The van der Waals surface area contributed by atoms with Gasteiger partial charge < -0.3 is 4.74 Å². The van der Waals surface area contributed by atoms with E-state index < -0.39 is 0 Å². The predicted molar refractivity (Wildman–Crippen MR) is 62.8 cm³/mol. The second-order valence-electron chi connectivity index (χ2n) is 3.42. The number of hydrogen-bond donors (Lipinski definition) is 1. The summed E-state index contributed by atoms with van der Waals surface area (Å²) in [4.78, 5) is 0. The first-order chi connectivity index (χ1) is 7.69. The van der Waals surface area contributed by atoms with Crippen molar-refractivity contribution in [2.45, 2.75) is 19.9 Å². The third-order valence-electron chi connectivity index (χ3n) is 2.35. The first-order valence-electron chi connectivity index (χ1n) is 5.15. The van der Waals surface area contributed by atoms with Gasteiger partial charge in [-0.15, -0.1) is 5.92 Å². The molecule has 0 aliphatic heterocycles. The van der Waals surface area contributed by atoms with E-state index in [9.17, 15) is 4.39 Å². The fourth-order valence-electron chi connectivity index (χ4n) is 1.36. The van der Waals surface area contributed by atoms with Gasteiger partial charge in [0.05, 0.1) is 13.7 Å². The minimum Gasteiger partial charge on any atom is -0.494 e. The fourth-order valence-corrected chi connectivity index (χ4v) is 1.36. The summed E-state index contributed by atoms with van der Waals surface area (Å²) in [6.45, 7) is 4.43. The maximum atomic E-state index is 13.2. The third-order valence-corrected chi connectivity index (χ3v) is 2.35. The van der Waals surface area contributed by atoms with Crippen molar-refractivity contribution in [3.8, 4) is 17.6 Å². The maximum Gasteiger partial charge on any atom is 0.165 e. The van der Waals surface area contributed by atoms with E-state index in [2.05, 4.69) is 17.2 Å². The van der Waals surface area contributed by atoms with Crippen LogP contribution < -0.4 is 10.1 Å². The van der Waals surface area contributed by atoms with Crippen LogP contribution >= 0.6 is 0 Å². The van der Waals surface area contributed by atoms with Gasteiger partial charge in [-0.25, -0.2) is 4.39 Å². The molecule has 0 aromatic heterocycles. The van der Waals surface area contributed by atoms with Gasteiger partial charge >= 0.3 is 0 Å². The van der Waals surface area contributed by atoms with Gasteiger partial charge in [0.15, 0.2) is 11.6 Å². The zero-order chi connectivity index (χ0) is 12.0. The molecule has 0 saturated heterocycles. The highest BCUT2D eigenvalue weighted by Gasteiger charge is 2.08. The van der Waals surface area contributed by atoms with E-state index in [0.29, 0.717) is 6.54 Å². The van der Waals surface area contributed by atoms with E-state index >= 15 is 0 Å². The van der Waals surface area contributed by atoms with Gasteiger partial charge in [0.25, 0.3) is 0 Å². The van der Waals surface area contributed by atoms with Crippen molar-refractivity contribution in [2.75, 3.05) is 13.7 Å². The standard InChI is InChI=1S/C13H16FNO/c1-4-5-8-15-10(2)11-6-7-12(14)13(9-11)16-3/h6-7,9-10,15H,8H2,1-3H3. The number of rotatable bonds is 4. The molecule has 2 nitrogen and oxygen atoms in total. The Morgan fingerprint density at radius 2 is 2.25 bits per heavy atom. The number of nitrogens with one attached hydrogen (secondary N) is 1. The van der Waals surface area contributed by atoms with Crippen LogP contribution in [0.15, 0.2) is 18.2 Å². The molecule has 1 rings (SSSR count). The van der Waals surface area contributed by atoms with Crippen LogP contribution in [0.3, 0.4) is 0 Å². The Kier molecular flexibility index (Phi) is 4.81. The minimum absolute atomic E-state index is 0.121. The summed E-state index contributed by atoms with van der Waals surface area (Å²) in [5.41, 5.74) is 0.983. The van der Waals surface area contributed by atoms with Crippen LogP contribution in [0.25, 0.3) is 0 Å². The van der Waals surface area contributed by atoms with E-state index in [1.165, 1.54) is 13.2 Å². The molecule has 1 aromatic rings. The second kappa shape index (κ2) is 6.14. The van der Waals surface area contributed by atoms with E-state index in [-0.39, 0.29) is 17.6 Å². The number of hydrogen-bond acceptors (Lipinski definition) is 2. The van der Waals surface area contributed by atoms with Crippen molar-refractivity contribution in [1.82, 2.24) is 5.32 Å². The predicted octanol–water partition coefficient (Wildman–Crippen LogP) is 2.51. The van der Waals surface area contributed by atoms with Crippen molar-refractivity contribution in [3.05, 3.63) is 29.6 Å². The molecule has 0 aliphatic carbocycles. The Morgan fingerprint density at radius 1 is 1.50 bits per heavy atom. The summed E-state index contributed by atoms with van der Waals surface area (Å²) in [5, 5.41) is 3.22. The van der Waals surface area contributed by atoms with Crippen LogP contribution in [0.5, 0.6) is 5.75 Å². The molecule has 0 spiro atoms. The molecule has 0 amide bonds. The van der Waals surface area contributed by atoms with Gasteiger partial charge in [0.2, 0.25) is 0 Å². The van der Waals surface area contributed by atoms with Crippen molar-refractivity contribution >= 4 is 0 Å². The first kappa shape index (κ1) is 12.5. The second-order valence-corrected chi connectivity index (χ2v) is 3.42. The van der Waals surface area contributed by atoms with Crippen molar-refractivity contribution in [2.24, 2.45) is 0 Å². The highest BCUT2D eigenvalue weighted by atomic mass is 19.1. The number of ether oxygens (including phenoxy) is 1. The molecule has 3 heteroatoms. The van der Waals surface area contributed by atoms with Crippen LogP contribution in [-0.4, -0.2) is 13.7 Å². The SMILES string of the molecule is CC#CCNC(C)c1ccc(F)c(OC)c1. The van der Waals surface area contributed by atoms with E-state index in [1.54, 1.807) is 19.1 Å². The smallest absolute Gasteiger partial charge is 0.165 e. The van der Waals surface area contributed by atoms with Gasteiger partial charge in [-0.2, -0.15) is 0 Å². The molecule has 0 radical (unpaired) electrons. The monoisotopic (exact) mass is 221 g/mol. The summed E-state index contributed by atoms with van der Waals surface area (Å²) in [7, 11) is 1.46. The van der Waals surface area contributed by atoms with Crippen molar-refractivity contribution < 1.29 is 9.13 Å². The molecule has 16 heavy (non-hydrogen) atoms. The van der Waals surface area contributed by atoms with Gasteiger partial charge in [0.1, 0.15) is 0 Å².